The molecule has 0 bridgehead atoms. The molecule has 0 unspecified atom stereocenters. The lowest BCUT2D eigenvalue weighted by atomic mass is 9.99. The molecule has 7 heteroatoms. The van der Waals surface area contributed by atoms with Gasteiger partial charge >= 0.3 is 0 Å². The van der Waals surface area contributed by atoms with Gasteiger partial charge in [-0.15, -0.1) is 0 Å². The number of thiocarbonyl (C=S) groups is 1. The largest absolute Gasteiger partial charge is 0.504 e. The molecule has 132 valence electrons. The maximum absolute atomic E-state index is 9.67. The van der Waals surface area contributed by atoms with Crippen molar-refractivity contribution in [2.75, 3.05) is 13.1 Å². The van der Waals surface area contributed by atoms with Gasteiger partial charge in [-0.3, -0.25) is 0 Å². The summed E-state index contributed by atoms with van der Waals surface area (Å²) >= 11 is 17.6. The summed E-state index contributed by atoms with van der Waals surface area (Å²) in [6.07, 6.45) is 1.52. The third-order valence-corrected chi connectivity index (χ3v) is 5.27. The number of nitrogens with zero attached hydrogens (tertiary/aromatic N) is 1. The Hall–Kier alpha value is -1.69. The van der Waals surface area contributed by atoms with Crippen molar-refractivity contribution in [3.05, 3.63) is 57.1 Å². The lowest BCUT2D eigenvalue weighted by molar-refractivity contribution is 0.375. The van der Waals surface area contributed by atoms with Crippen LogP contribution in [0, 0.1) is 0 Å². The Morgan fingerprint density at radius 3 is 2.56 bits per heavy atom. The first kappa shape index (κ1) is 18.1. The summed E-state index contributed by atoms with van der Waals surface area (Å²) < 4.78 is 0. The van der Waals surface area contributed by atoms with E-state index in [0.29, 0.717) is 28.2 Å². The van der Waals surface area contributed by atoms with Gasteiger partial charge in [0.25, 0.3) is 0 Å². The summed E-state index contributed by atoms with van der Waals surface area (Å²) in [6.45, 7) is 2.05. The van der Waals surface area contributed by atoms with E-state index in [9.17, 15) is 10.2 Å². The SMILES string of the molecule is Oc1cc2c(cc1O)CN(C(=S)NCCc1ccc(Cl)cc1Cl)CC2. The molecule has 2 aromatic carbocycles. The van der Waals surface area contributed by atoms with Crippen LogP contribution in [0.5, 0.6) is 11.5 Å². The fourth-order valence-electron chi connectivity index (χ4n) is 2.90. The molecule has 0 radical (unpaired) electrons. The maximum atomic E-state index is 9.67. The number of aromatic hydroxyl groups is 2. The van der Waals surface area contributed by atoms with E-state index in [0.717, 1.165) is 36.1 Å². The summed E-state index contributed by atoms with van der Waals surface area (Å²) in [6, 6.07) is 8.71. The number of hydrogen-bond acceptors (Lipinski definition) is 3. The molecule has 0 atom stereocenters. The Morgan fingerprint density at radius 2 is 1.84 bits per heavy atom. The van der Waals surface area contributed by atoms with Crippen LogP contribution >= 0.6 is 35.4 Å². The summed E-state index contributed by atoms with van der Waals surface area (Å²) in [7, 11) is 0. The van der Waals surface area contributed by atoms with Crippen LogP contribution < -0.4 is 5.32 Å². The number of phenolic OH excluding ortho intramolecular Hbond substituents is 2. The fourth-order valence-corrected chi connectivity index (χ4v) is 3.66. The van der Waals surface area contributed by atoms with Crippen molar-refractivity contribution in [1.82, 2.24) is 10.2 Å². The minimum atomic E-state index is -0.100. The highest BCUT2D eigenvalue weighted by Gasteiger charge is 2.20. The molecule has 4 nitrogen and oxygen atoms in total. The Kier molecular flexibility index (Phi) is 5.57. The van der Waals surface area contributed by atoms with Gasteiger partial charge in [0.05, 0.1) is 0 Å². The average Bonchev–Trinajstić information content (AvgIpc) is 2.57. The van der Waals surface area contributed by atoms with Gasteiger partial charge < -0.3 is 20.4 Å². The van der Waals surface area contributed by atoms with E-state index in [1.807, 2.05) is 12.1 Å². The van der Waals surface area contributed by atoms with E-state index in [-0.39, 0.29) is 11.5 Å². The predicted octanol–water partition coefficient (Wildman–Crippen LogP) is 3.88. The van der Waals surface area contributed by atoms with Crippen molar-refractivity contribution >= 4 is 40.5 Å². The second-order valence-electron chi connectivity index (χ2n) is 6.00. The molecular weight excluding hydrogens is 379 g/mol. The van der Waals surface area contributed by atoms with Crippen LogP contribution in [0.4, 0.5) is 0 Å². The monoisotopic (exact) mass is 396 g/mol. The zero-order valence-corrected chi connectivity index (χ0v) is 15.8. The first-order chi connectivity index (χ1) is 11.9. The Bertz CT molecular complexity index is 814. The number of benzene rings is 2. The van der Waals surface area contributed by atoms with Gasteiger partial charge in [0.1, 0.15) is 0 Å². The van der Waals surface area contributed by atoms with Crippen molar-refractivity contribution in [2.45, 2.75) is 19.4 Å². The van der Waals surface area contributed by atoms with Gasteiger partial charge in [-0.25, -0.2) is 0 Å². The topological polar surface area (TPSA) is 55.7 Å². The fraction of sp³-hybridized carbons (Fsp3) is 0.278. The molecule has 0 fully saturated rings. The minimum Gasteiger partial charge on any atom is -0.504 e. The first-order valence-corrected chi connectivity index (χ1v) is 9.11. The molecule has 1 heterocycles. The van der Waals surface area contributed by atoms with Crippen molar-refractivity contribution in [3.8, 4) is 11.5 Å². The quantitative estimate of drug-likeness (QED) is 0.542. The highest BCUT2D eigenvalue weighted by molar-refractivity contribution is 7.80. The van der Waals surface area contributed by atoms with Crippen LogP contribution in [0.15, 0.2) is 30.3 Å². The van der Waals surface area contributed by atoms with Gasteiger partial charge in [-0.2, -0.15) is 0 Å². The summed E-state index contributed by atoms with van der Waals surface area (Å²) in [4.78, 5) is 2.05. The third kappa shape index (κ3) is 4.29. The van der Waals surface area contributed by atoms with E-state index in [1.54, 1.807) is 18.2 Å². The van der Waals surface area contributed by atoms with Crippen molar-refractivity contribution in [1.29, 1.82) is 0 Å². The smallest absolute Gasteiger partial charge is 0.169 e. The molecule has 0 spiro atoms. The molecule has 3 rings (SSSR count). The van der Waals surface area contributed by atoms with Gasteiger partial charge in [0.15, 0.2) is 16.6 Å². The molecule has 0 aromatic heterocycles. The van der Waals surface area contributed by atoms with E-state index in [1.165, 1.54) is 0 Å². The van der Waals surface area contributed by atoms with Crippen LogP contribution in [0.1, 0.15) is 16.7 Å². The molecule has 0 saturated carbocycles. The minimum absolute atomic E-state index is 0.0762. The van der Waals surface area contributed by atoms with Crippen molar-refractivity contribution in [3.63, 3.8) is 0 Å². The van der Waals surface area contributed by atoms with Crippen molar-refractivity contribution < 1.29 is 10.2 Å². The van der Waals surface area contributed by atoms with E-state index in [4.69, 9.17) is 35.4 Å². The number of fused-ring (bicyclic) bond motifs is 1. The normalized spacial score (nSPS) is 13.4. The van der Waals surface area contributed by atoms with Crippen LogP contribution in [-0.2, 0) is 19.4 Å². The maximum Gasteiger partial charge on any atom is 0.169 e. The first-order valence-electron chi connectivity index (χ1n) is 7.94. The summed E-state index contributed by atoms with van der Waals surface area (Å²) in [5.41, 5.74) is 3.04. The second-order valence-corrected chi connectivity index (χ2v) is 7.23. The van der Waals surface area contributed by atoms with Crippen LogP contribution in [0.25, 0.3) is 0 Å². The Morgan fingerprint density at radius 1 is 1.12 bits per heavy atom. The number of hydrogen-bond donors (Lipinski definition) is 3. The third-order valence-electron chi connectivity index (χ3n) is 4.28. The molecule has 3 N–H and O–H groups in total. The zero-order chi connectivity index (χ0) is 18.0. The molecule has 0 aliphatic carbocycles. The highest BCUT2D eigenvalue weighted by atomic mass is 35.5. The van der Waals surface area contributed by atoms with Crippen LogP contribution in [-0.4, -0.2) is 33.3 Å². The van der Waals surface area contributed by atoms with Gasteiger partial charge in [0.2, 0.25) is 0 Å². The number of rotatable bonds is 3. The highest BCUT2D eigenvalue weighted by Crippen LogP contribution is 2.31. The standard InChI is InChI=1S/C18H18Cl2N2O2S/c19-14-2-1-11(15(20)9-14)3-5-21-18(25)22-6-4-12-7-16(23)17(24)8-13(12)10-22/h1-2,7-9,23-24H,3-6,10H2,(H,21,25). The second kappa shape index (κ2) is 7.68. The van der Waals surface area contributed by atoms with Crippen LogP contribution in [0.3, 0.4) is 0 Å². The molecule has 25 heavy (non-hydrogen) atoms. The molecule has 1 aliphatic heterocycles. The summed E-state index contributed by atoms with van der Waals surface area (Å²) in [5.74, 6) is -0.176. The van der Waals surface area contributed by atoms with Gasteiger partial charge in [0, 0.05) is 29.7 Å². The molecule has 0 amide bonds. The zero-order valence-electron chi connectivity index (χ0n) is 13.4. The average molecular weight is 397 g/mol. The lowest BCUT2D eigenvalue weighted by Gasteiger charge is -2.31. The molecular formula is C18H18Cl2N2O2S. The molecule has 1 aliphatic rings. The van der Waals surface area contributed by atoms with E-state index < -0.39 is 0 Å². The van der Waals surface area contributed by atoms with Crippen LogP contribution in [0.2, 0.25) is 10.0 Å². The Labute approximate surface area is 162 Å². The van der Waals surface area contributed by atoms with Gasteiger partial charge in [-0.05, 0) is 66.0 Å². The summed E-state index contributed by atoms with van der Waals surface area (Å²) in [5, 5.41) is 24.5. The van der Waals surface area contributed by atoms with Gasteiger partial charge in [-0.1, -0.05) is 29.3 Å². The molecule has 0 saturated heterocycles. The lowest BCUT2D eigenvalue weighted by Crippen LogP contribution is -2.43. The van der Waals surface area contributed by atoms with E-state index in [2.05, 4.69) is 10.2 Å². The predicted molar refractivity (Wildman–Crippen MR) is 105 cm³/mol. The molecule has 2 aromatic rings. The number of nitrogens with one attached hydrogen (secondary N) is 1. The number of halogens is 2. The number of phenols is 2. The van der Waals surface area contributed by atoms with Crippen molar-refractivity contribution in [2.24, 2.45) is 0 Å². The Balaban J connectivity index is 1.56. The van der Waals surface area contributed by atoms with E-state index >= 15 is 0 Å².